The maximum atomic E-state index is 15.5. The van der Waals surface area contributed by atoms with Crippen LogP contribution in [-0.4, -0.2) is 220 Å². The summed E-state index contributed by atoms with van der Waals surface area (Å²) in [5.74, 6) is -212. The number of hydrogen-bond acceptors (Lipinski definition) is 9. The molecule has 3 N–H and O–H groups in total. The second-order valence-corrected chi connectivity index (χ2v) is 29.0. The van der Waals surface area contributed by atoms with Crippen LogP contribution in [0.15, 0.2) is 0 Å². The predicted molar refractivity (Wildman–Crippen MR) is 225 cm³/mol. The van der Waals surface area contributed by atoms with Crippen molar-refractivity contribution in [3.05, 3.63) is 0 Å². The van der Waals surface area contributed by atoms with E-state index in [1.807, 2.05) is 0 Å². The van der Waals surface area contributed by atoms with Crippen molar-refractivity contribution in [1.29, 1.82) is 0 Å². The van der Waals surface area contributed by atoms with E-state index in [1.54, 1.807) is 0 Å². The Hall–Kier alpha value is -3.27. The van der Waals surface area contributed by atoms with Gasteiger partial charge in [-0.3, -0.25) is 0 Å². The van der Waals surface area contributed by atoms with Crippen molar-refractivity contribution < 1.29 is 291 Å². The van der Waals surface area contributed by atoms with Crippen molar-refractivity contribution in [2.24, 2.45) is 0 Å². The molecule has 0 saturated carbocycles. The van der Waals surface area contributed by atoms with E-state index < -0.39 is 259 Å². The summed E-state index contributed by atoms with van der Waals surface area (Å²) in [4.78, 5) is -2.77. The topological polar surface area (TPSA) is 91.5 Å². The molecule has 654 valence electrons. The van der Waals surface area contributed by atoms with Crippen LogP contribution < -0.4 is 14.6 Å². The molecule has 108 heavy (non-hydrogen) atoms. The van der Waals surface area contributed by atoms with Gasteiger partial charge in [0.05, 0.1) is 0 Å². The van der Waals surface area contributed by atoms with E-state index in [0.717, 1.165) is 0 Å². The number of alkyl halides is 60. The number of hydrogen-bond donors (Lipinski definition) is 3. The summed E-state index contributed by atoms with van der Waals surface area (Å²) in [5, 5.41) is 0. The average molecular weight is 1830 g/mol. The van der Waals surface area contributed by atoms with Gasteiger partial charge < -0.3 is 0 Å². The molecule has 1 fully saturated rings. The fraction of sp³-hybridized carbons (Fsp3) is 1.00. The first kappa shape index (κ1) is 103. The summed E-state index contributed by atoms with van der Waals surface area (Å²) in [5.41, 5.74) is 0. The molecule has 0 aromatic carbocycles. The SMILES string of the molecule is FC(F)C(F)(F)C(F)(F)C(F)(F)C(F)(F)CO[PH]1(OCC(F)(F)C(F)(F)C(F)(F)C(F)(F)C(F)F)N[PH](OCC(F)(F)C(F)(F)C(F)(F)C(F)(F)C(F)F)(OCC(F)(F)C(F)(F)C(F)(F)C(F)(F)C(F)F)N[PH](OCC(F)(F)C(F)(F)C(F)(F)C(F)(F)C(F)F)(OCC(F)(F)C(F)(F)C(F)(F)C(F)(F)C(F)F)N1. The van der Waals surface area contributed by atoms with E-state index in [2.05, 4.69) is 27.1 Å². The molecule has 0 bridgehead atoms. The van der Waals surface area contributed by atoms with Crippen molar-refractivity contribution in [2.45, 2.75) is 181 Å². The summed E-state index contributed by atoms with van der Waals surface area (Å²) in [6.07, 6.45) is -40.5. The molecule has 9 nitrogen and oxygen atoms in total. The second kappa shape index (κ2) is 29.8. The molecule has 72 heteroatoms. The van der Waals surface area contributed by atoms with E-state index in [-0.39, 0.29) is 0 Å². The third kappa shape index (κ3) is 16.4. The number of nitrogens with one attached hydrogen (secondary N) is 3. The maximum absolute atomic E-state index is 15.5. The fourth-order valence-corrected chi connectivity index (χ4v) is 20.1. The molecule has 1 aliphatic rings. The third-order valence-electron chi connectivity index (χ3n) is 13.0. The van der Waals surface area contributed by atoms with Crippen LogP contribution in [0.25, 0.3) is 0 Å². The summed E-state index contributed by atoms with van der Waals surface area (Å²) < 4.78 is 879. The van der Waals surface area contributed by atoms with Crippen molar-refractivity contribution in [3.8, 4) is 0 Å². The first-order chi connectivity index (χ1) is 46.5. The molecule has 1 aliphatic heterocycles. The molecule has 0 atom stereocenters. The quantitative estimate of drug-likeness (QED) is 0.0408. The Labute approximate surface area is 550 Å². The van der Waals surface area contributed by atoms with Crippen LogP contribution in [-0.2, 0) is 27.1 Å². The zero-order chi connectivity index (χ0) is 87.6. The summed E-state index contributed by atoms with van der Waals surface area (Å²) in [6, 6.07) is 0. The van der Waals surface area contributed by atoms with E-state index in [1.165, 1.54) is 0 Å². The first-order valence-corrected chi connectivity index (χ1v) is 29.9. The minimum absolute atomic E-state index is 0.922. The van der Waals surface area contributed by atoms with Crippen molar-refractivity contribution >= 4 is 24.1 Å². The molecule has 0 radical (unpaired) electrons. The standard InChI is InChI=1S/C36H24F60N3O6P3/c37-7(38)19(61,62)31(85,86)25(73,74)13(49,50)1-100-106(101-2-14(51,52)26(75,76)32(87,88)20(63,64)8(39)40)97-107(102-3-15(53,54)27(77,78)33(89,90)21(65,66)9(41)42,103-4-16(55,56)28(79,80)34(91,92)22(67,68)10(43)44)99-108(98-106,104-5-17(57,58)29(81,82)35(93,94)23(69,70)11(45)46)105-6-18(59,60)30(83,84)36(95,96)24(71,72)12(47)48/h7-12,97-99,106-108H,1-6H2. The van der Waals surface area contributed by atoms with Gasteiger partial charge in [-0.2, -0.15) is 0 Å². The van der Waals surface area contributed by atoms with Gasteiger partial charge in [-0.05, 0) is 0 Å². The normalized spacial score (nSPS) is 19.4. The Kier molecular flexibility index (Phi) is 28.3. The Morgan fingerprint density at radius 3 is 0.315 bits per heavy atom. The van der Waals surface area contributed by atoms with Crippen LogP contribution in [0, 0.1) is 0 Å². The van der Waals surface area contributed by atoms with Gasteiger partial charge in [0.1, 0.15) is 0 Å². The van der Waals surface area contributed by atoms with Gasteiger partial charge in [0.2, 0.25) is 0 Å². The number of halogens is 60. The van der Waals surface area contributed by atoms with Gasteiger partial charge in [0.25, 0.3) is 0 Å². The van der Waals surface area contributed by atoms with Gasteiger partial charge in [-0.25, -0.2) is 0 Å². The van der Waals surface area contributed by atoms with Crippen LogP contribution in [0.2, 0.25) is 0 Å². The van der Waals surface area contributed by atoms with Crippen LogP contribution in [0.4, 0.5) is 263 Å². The Balaban J connectivity index is 5.83. The Morgan fingerprint density at radius 1 is 0.157 bits per heavy atom. The molecule has 0 aromatic rings. The van der Waals surface area contributed by atoms with Gasteiger partial charge in [0.15, 0.2) is 0 Å². The summed E-state index contributed by atoms with van der Waals surface area (Å²) >= 11 is 0. The molecule has 0 unspecified atom stereocenters. The van der Waals surface area contributed by atoms with Crippen LogP contribution >= 0.6 is 24.1 Å². The van der Waals surface area contributed by atoms with Gasteiger partial charge in [-0.1, -0.05) is 0 Å². The molecule has 0 aromatic heterocycles. The van der Waals surface area contributed by atoms with Crippen LogP contribution in [0.3, 0.4) is 0 Å². The first-order valence-electron chi connectivity index (χ1n) is 24.5. The minimum atomic E-state index is -10.4. The van der Waals surface area contributed by atoms with Gasteiger partial charge in [-0.15, -0.1) is 0 Å². The predicted octanol–water partition coefficient (Wildman–Crippen LogP) is 19.9. The zero-order valence-electron chi connectivity index (χ0n) is 47.8. The van der Waals surface area contributed by atoms with E-state index in [0.29, 0.717) is 0 Å². The molecular formula is C36H24F60N3O6P3. The van der Waals surface area contributed by atoms with Crippen LogP contribution in [0.1, 0.15) is 0 Å². The zero-order valence-corrected chi connectivity index (χ0v) is 50.8. The molecule has 1 saturated heterocycles. The van der Waals surface area contributed by atoms with E-state index in [4.69, 9.17) is 0 Å². The second-order valence-electron chi connectivity index (χ2n) is 20.6. The van der Waals surface area contributed by atoms with Crippen molar-refractivity contribution in [1.82, 2.24) is 14.6 Å². The molecular weight excluding hydrogens is 1800 g/mol. The number of rotatable bonds is 42. The Morgan fingerprint density at radius 2 is 0.241 bits per heavy atom. The van der Waals surface area contributed by atoms with Gasteiger partial charge in [0, 0.05) is 0 Å². The average Bonchev–Trinajstić information content (AvgIpc) is 0.728. The monoisotopic (exact) mass is 1830 g/mol. The summed E-state index contributed by atoms with van der Waals surface area (Å²) in [7, 11) is -31.2. The molecule has 0 amide bonds. The van der Waals surface area contributed by atoms with Gasteiger partial charge >= 0.3 is 550 Å². The molecule has 1 rings (SSSR count). The Bertz CT molecular complexity index is 2520. The van der Waals surface area contributed by atoms with Crippen LogP contribution in [0.5, 0.6) is 0 Å². The summed E-state index contributed by atoms with van der Waals surface area (Å²) in [6.45, 7) is -34.1. The molecule has 0 spiro atoms. The third-order valence-corrected chi connectivity index (χ3v) is 24.2. The van der Waals surface area contributed by atoms with E-state index in [9.17, 15) is 211 Å². The van der Waals surface area contributed by atoms with Crippen molar-refractivity contribution in [3.63, 3.8) is 0 Å². The molecule has 0 aliphatic carbocycles. The molecule has 1 heterocycles. The fourth-order valence-electron chi connectivity index (χ4n) is 6.46. The van der Waals surface area contributed by atoms with Crippen molar-refractivity contribution in [2.75, 3.05) is 39.6 Å². The van der Waals surface area contributed by atoms with E-state index >= 15 is 52.7 Å².